The lowest BCUT2D eigenvalue weighted by Crippen LogP contribution is -2.13. The van der Waals surface area contributed by atoms with Crippen LogP contribution in [0.5, 0.6) is 11.5 Å². The number of hydrogen-bond acceptors (Lipinski definition) is 8. The van der Waals surface area contributed by atoms with Crippen molar-refractivity contribution in [2.45, 2.75) is 18.5 Å². The summed E-state index contributed by atoms with van der Waals surface area (Å²) in [5.74, 6) is 2.44. The fourth-order valence-corrected chi connectivity index (χ4v) is 4.04. The molecule has 4 aromatic rings. The van der Waals surface area contributed by atoms with Crippen molar-refractivity contribution in [2.75, 3.05) is 25.3 Å². The molecule has 0 bridgehead atoms. The molecule has 0 aliphatic heterocycles. The zero-order valence-corrected chi connectivity index (χ0v) is 20.5. The average molecular weight is 488 g/mol. The molecule has 9 heteroatoms. The van der Waals surface area contributed by atoms with Crippen molar-refractivity contribution in [3.05, 3.63) is 72.4 Å². The van der Waals surface area contributed by atoms with Crippen LogP contribution in [0.25, 0.3) is 22.5 Å². The first-order valence-electron chi connectivity index (χ1n) is 11.0. The monoisotopic (exact) mass is 487 g/mol. The number of ether oxygens (including phenoxy) is 2. The Labute approximate surface area is 208 Å². The molecule has 0 fully saturated rings. The van der Waals surface area contributed by atoms with E-state index in [1.54, 1.807) is 20.3 Å². The Hall–Kier alpha value is -3.98. The fraction of sp³-hybridized carbons (Fsp3) is 0.192. The van der Waals surface area contributed by atoms with Gasteiger partial charge in [0.15, 0.2) is 0 Å². The summed E-state index contributed by atoms with van der Waals surface area (Å²) in [5.41, 5.74) is 3.96. The summed E-state index contributed by atoms with van der Waals surface area (Å²) in [6.45, 7) is 1.88. The fourth-order valence-electron chi connectivity index (χ4n) is 3.32. The van der Waals surface area contributed by atoms with Crippen LogP contribution in [0.1, 0.15) is 12.1 Å². The number of thioether (sulfide) groups is 1. The van der Waals surface area contributed by atoms with Crippen molar-refractivity contribution in [3.8, 4) is 34.0 Å². The van der Waals surface area contributed by atoms with Crippen LogP contribution in [0.4, 0.5) is 5.82 Å². The number of carbonyl (C=O) groups excluding carboxylic acids is 1. The van der Waals surface area contributed by atoms with Crippen LogP contribution >= 0.6 is 11.8 Å². The van der Waals surface area contributed by atoms with Gasteiger partial charge in [0.25, 0.3) is 0 Å². The second-order valence-electron chi connectivity index (χ2n) is 7.56. The molecule has 0 unspecified atom stereocenters. The van der Waals surface area contributed by atoms with Gasteiger partial charge in [0, 0.05) is 29.0 Å². The van der Waals surface area contributed by atoms with Crippen LogP contribution in [0.2, 0.25) is 0 Å². The van der Waals surface area contributed by atoms with E-state index in [0.29, 0.717) is 34.5 Å². The van der Waals surface area contributed by atoms with Crippen LogP contribution in [-0.4, -0.2) is 46.0 Å². The van der Waals surface area contributed by atoms with E-state index in [-0.39, 0.29) is 5.91 Å². The molecule has 2 aromatic carbocycles. The summed E-state index contributed by atoms with van der Waals surface area (Å²) < 4.78 is 10.6. The maximum Gasteiger partial charge on any atom is 0.226 e. The van der Waals surface area contributed by atoms with Crippen LogP contribution in [-0.2, 0) is 4.79 Å². The van der Waals surface area contributed by atoms with Gasteiger partial charge in [-0.1, -0.05) is 17.8 Å². The number of amides is 1. The van der Waals surface area contributed by atoms with Gasteiger partial charge in [-0.3, -0.25) is 4.79 Å². The number of aromatic nitrogens is 4. The maximum atomic E-state index is 12.3. The van der Waals surface area contributed by atoms with E-state index >= 15 is 0 Å². The molecule has 8 nitrogen and oxygen atoms in total. The maximum absolute atomic E-state index is 12.3. The minimum Gasteiger partial charge on any atom is -0.497 e. The Morgan fingerprint density at radius 1 is 0.829 bits per heavy atom. The average Bonchev–Trinajstić information content (AvgIpc) is 2.89. The highest BCUT2D eigenvalue weighted by atomic mass is 32.2. The largest absolute Gasteiger partial charge is 0.497 e. The van der Waals surface area contributed by atoms with E-state index in [4.69, 9.17) is 14.5 Å². The molecule has 0 saturated heterocycles. The third-order valence-electron chi connectivity index (χ3n) is 5.11. The van der Waals surface area contributed by atoms with Gasteiger partial charge in [0.1, 0.15) is 28.7 Å². The number of nitrogens with zero attached hydrogens (tertiary/aromatic N) is 4. The Bertz CT molecular complexity index is 1300. The van der Waals surface area contributed by atoms with Crippen molar-refractivity contribution < 1.29 is 14.3 Å². The molecule has 35 heavy (non-hydrogen) atoms. The van der Waals surface area contributed by atoms with Crippen molar-refractivity contribution in [1.29, 1.82) is 0 Å². The summed E-state index contributed by atoms with van der Waals surface area (Å²) in [5, 5.41) is 12.1. The molecular weight excluding hydrogens is 462 g/mol. The topological polar surface area (TPSA) is 99.1 Å². The van der Waals surface area contributed by atoms with E-state index in [1.807, 2.05) is 67.6 Å². The van der Waals surface area contributed by atoms with Crippen molar-refractivity contribution in [1.82, 2.24) is 20.2 Å². The molecular formula is C26H25N5O3S. The van der Waals surface area contributed by atoms with Gasteiger partial charge in [-0.05, 0) is 67.6 Å². The lowest BCUT2D eigenvalue weighted by Gasteiger charge is -2.11. The van der Waals surface area contributed by atoms with Crippen molar-refractivity contribution in [3.63, 3.8) is 0 Å². The van der Waals surface area contributed by atoms with Gasteiger partial charge in [-0.2, -0.15) is 0 Å². The number of benzene rings is 2. The lowest BCUT2D eigenvalue weighted by molar-refractivity contribution is -0.115. The molecule has 2 aromatic heterocycles. The van der Waals surface area contributed by atoms with Gasteiger partial charge < -0.3 is 14.8 Å². The van der Waals surface area contributed by atoms with Crippen LogP contribution in [0.3, 0.4) is 0 Å². The molecule has 0 aliphatic rings. The Morgan fingerprint density at radius 3 is 2.06 bits per heavy atom. The highest BCUT2D eigenvalue weighted by molar-refractivity contribution is 7.99. The minimum atomic E-state index is -0.117. The van der Waals surface area contributed by atoms with Crippen LogP contribution in [0.15, 0.2) is 71.9 Å². The first-order valence-corrected chi connectivity index (χ1v) is 11.9. The molecule has 4 rings (SSSR count). The molecule has 0 radical (unpaired) electrons. The van der Waals surface area contributed by atoms with Gasteiger partial charge >= 0.3 is 0 Å². The third-order valence-corrected chi connectivity index (χ3v) is 5.95. The van der Waals surface area contributed by atoms with Gasteiger partial charge in [-0.25, -0.2) is 9.97 Å². The Kier molecular flexibility index (Phi) is 7.89. The zero-order valence-electron chi connectivity index (χ0n) is 19.7. The smallest absolute Gasteiger partial charge is 0.226 e. The molecule has 0 spiro atoms. The first kappa shape index (κ1) is 24.2. The van der Waals surface area contributed by atoms with Crippen molar-refractivity contribution in [2.24, 2.45) is 0 Å². The van der Waals surface area contributed by atoms with E-state index in [1.165, 1.54) is 11.8 Å². The number of nitrogens with one attached hydrogen (secondary N) is 1. The Morgan fingerprint density at radius 2 is 1.46 bits per heavy atom. The number of carbonyl (C=O) groups is 1. The normalized spacial score (nSPS) is 10.6. The van der Waals surface area contributed by atoms with Gasteiger partial charge in [-0.15, -0.1) is 10.2 Å². The summed E-state index contributed by atoms with van der Waals surface area (Å²) in [6.07, 6.45) is 0.293. The zero-order chi connectivity index (χ0) is 24.6. The quantitative estimate of drug-likeness (QED) is 0.328. The van der Waals surface area contributed by atoms with E-state index < -0.39 is 0 Å². The summed E-state index contributed by atoms with van der Waals surface area (Å²) in [7, 11) is 3.26. The van der Waals surface area contributed by atoms with E-state index in [2.05, 4.69) is 20.5 Å². The molecule has 1 amide bonds. The number of pyridine rings is 1. The predicted octanol–water partition coefficient (Wildman–Crippen LogP) is 5.05. The van der Waals surface area contributed by atoms with Crippen LogP contribution < -0.4 is 14.8 Å². The van der Waals surface area contributed by atoms with Gasteiger partial charge in [0.05, 0.1) is 14.2 Å². The van der Waals surface area contributed by atoms with E-state index in [0.717, 1.165) is 28.3 Å². The standard InChI is InChI=1S/C26H25N5O3S/c1-17-5-4-6-22(27-17)28-23(32)15-16-35-26-29-24(18-7-11-20(33-2)12-8-18)25(30-31-26)19-9-13-21(34-3)14-10-19/h4-14H,15-16H2,1-3H3,(H,27,28,32). The van der Waals surface area contributed by atoms with Gasteiger partial charge in [0.2, 0.25) is 11.1 Å². The highest BCUT2D eigenvalue weighted by Gasteiger charge is 2.15. The third kappa shape index (κ3) is 6.33. The molecule has 0 aliphatic carbocycles. The summed E-state index contributed by atoms with van der Waals surface area (Å²) >= 11 is 1.38. The summed E-state index contributed by atoms with van der Waals surface area (Å²) in [6, 6.07) is 20.7. The molecule has 2 heterocycles. The lowest BCUT2D eigenvalue weighted by atomic mass is 10.0. The molecule has 0 saturated carbocycles. The van der Waals surface area contributed by atoms with Crippen LogP contribution in [0, 0.1) is 6.92 Å². The molecule has 178 valence electrons. The molecule has 1 N–H and O–H groups in total. The second kappa shape index (κ2) is 11.4. The highest BCUT2D eigenvalue weighted by Crippen LogP contribution is 2.32. The number of rotatable bonds is 9. The summed E-state index contributed by atoms with van der Waals surface area (Å²) in [4.78, 5) is 21.4. The Balaban J connectivity index is 1.52. The first-order chi connectivity index (χ1) is 17.1. The predicted molar refractivity (Wildman–Crippen MR) is 137 cm³/mol. The van der Waals surface area contributed by atoms with Crippen molar-refractivity contribution >= 4 is 23.5 Å². The minimum absolute atomic E-state index is 0.117. The SMILES string of the molecule is COc1ccc(-c2nnc(SCCC(=O)Nc3cccc(C)n3)nc2-c2ccc(OC)cc2)cc1. The number of anilines is 1. The molecule has 0 atom stereocenters. The number of hydrogen-bond donors (Lipinski definition) is 1. The van der Waals surface area contributed by atoms with E-state index in [9.17, 15) is 4.79 Å². The second-order valence-corrected chi connectivity index (χ2v) is 8.62. The number of methoxy groups -OCH3 is 2. The number of aryl methyl sites for hydroxylation is 1.